The topological polar surface area (TPSA) is 63.3 Å². The van der Waals surface area contributed by atoms with Gasteiger partial charge in [0.25, 0.3) is 5.56 Å². The van der Waals surface area contributed by atoms with Crippen molar-refractivity contribution in [3.63, 3.8) is 0 Å². The van der Waals surface area contributed by atoms with E-state index in [0.717, 1.165) is 11.3 Å². The first-order valence-corrected chi connectivity index (χ1v) is 6.54. The molecular weight excluding hydrogens is 266 g/mol. The van der Waals surface area contributed by atoms with Crippen LogP contribution >= 0.6 is 0 Å². The van der Waals surface area contributed by atoms with Crippen LogP contribution in [0, 0.1) is 0 Å². The van der Waals surface area contributed by atoms with Crippen LogP contribution in [0.3, 0.4) is 0 Å². The van der Waals surface area contributed by atoms with E-state index in [4.69, 9.17) is 4.42 Å². The second kappa shape index (κ2) is 4.49. The molecule has 21 heavy (non-hydrogen) atoms. The maximum Gasteiger partial charge on any atom is 0.275 e. The molecule has 0 bridgehead atoms. The summed E-state index contributed by atoms with van der Waals surface area (Å²) < 4.78 is 6.67. The van der Waals surface area contributed by atoms with Crippen molar-refractivity contribution < 1.29 is 4.42 Å². The lowest BCUT2D eigenvalue weighted by molar-refractivity contribution is 0.580. The first-order valence-electron chi connectivity index (χ1n) is 6.54. The Labute approximate surface area is 119 Å². The standard InChI is InChI=1S/C16H11N3O2/c20-16-10-13(14-7-4-8-21-14)17-15-9-12(18-19(15)16)11-5-2-1-3-6-11/h1-10,17H. The summed E-state index contributed by atoms with van der Waals surface area (Å²) in [5.74, 6) is 0.622. The van der Waals surface area contributed by atoms with Crippen molar-refractivity contribution in [2.75, 3.05) is 0 Å². The first-order chi connectivity index (χ1) is 10.3. The molecule has 0 fully saturated rings. The van der Waals surface area contributed by atoms with E-state index in [-0.39, 0.29) is 5.56 Å². The molecule has 0 saturated heterocycles. The van der Waals surface area contributed by atoms with E-state index in [2.05, 4.69) is 10.1 Å². The number of benzene rings is 1. The molecular formula is C16H11N3O2. The lowest BCUT2D eigenvalue weighted by Gasteiger charge is -1.98. The van der Waals surface area contributed by atoms with Gasteiger partial charge in [0, 0.05) is 17.7 Å². The van der Waals surface area contributed by atoms with E-state index in [1.54, 1.807) is 18.4 Å². The Morgan fingerprint density at radius 1 is 1.05 bits per heavy atom. The summed E-state index contributed by atoms with van der Waals surface area (Å²) in [7, 11) is 0. The quantitative estimate of drug-likeness (QED) is 0.612. The zero-order valence-electron chi connectivity index (χ0n) is 11.0. The molecule has 0 saturated carbocycles. The molecule has 3 aromatic heterocycles. The SMILES string of the molecule is O=c1cc(-c2ccco2)[nH]c2cc(-c3ccccc3)nn12. The van der Waals surface area contributed by atoms with Crippen molar-refractivity contribution >= 4 is 5.65 Å². The number of fused-ring (bicyclic) bond motifs is 1. The van der Waals surface area contributed by atoms with Crippen LogP contribution in [-0.2, 0) is 0 Å². The zero-order chi connectivity index (χ0) is 14.2. The summed E-state index contributed by atoms with van der Waals surface area (Å²) in [5.41, 5.74) is 2.79. The molecule has 1 aromatic carbocycles. The van der Waals surface area contributed by atoms with Crippen molar-refractivity contribution in [2.24, 2.45) is 0 Å². The molecule has 4 aromatic rings. The van der Waals surface area contributed by atoms with Gasteiger partial charge in [0.05, 0.1) is 17.7 Å². The van der Waals surface area contributed by atoms with Gasteiger partial charge in [0.1, 0.15) is 11.4 Å². The maximum absolute atomic E-state index is 12.2. The van der Waals surface area contributed by atoms with Crippen LogP contribution in [0.2, 0.25) is 0 Å². The largest absolute Gasteiger partial charge is 0.463 e. The molecule has 0 radical (unpaired) electrons. The molecule has 0 aliphatic carbocycles. The van der Waals surface area contributed by atoms with Gasteiger partial charge in [-0.25, -0.2) is 0 Å². The fraction of sp³-hybridized carbons (Fsp3) is 0. The number of aromatic amines is 1. The molecule has 4 rings (SSSR count). The van der Waals surface area contributed by atoms with Crippen LogP contribution < -0.4 is 5.56 Å². The van der Waals surface area contributed by atoms with Crippen LogP contribution in [0.15, 0.2) is 70.1 Å². The van der Waals surface area contributed by atoms with E-state index in [1.807, 2.05) is 36.4 Å². The van der Waals surface area contributed by atoms with Gasteiger partial charge in [-0.1, -0.05) is 30.3 Å². The average molecular weight is 277 g/mol. The summed E-state index contributed by atoms with van der Waals surface area (Å²) in [5, 5.41) is 4.35. The van der Waals surface area contributed by atoms with Gasteiger partial charge in [0.15, 0.2) is 0 Å². The minimum atomic E-state index is -0.197. The highest BCUT2D eigenvalue weighted by Crippen LogP contribution is 2.20. The smallest absolute Gasteiger partial charge is 0.275 e. The van der Waals surface area contributed by atoms with Gasteiger partial charge in [-0.05, 0) is 12.1 Å². The van der Waals surface area contributed by atoms with Gasteiger partial charge in [-0.15, -0.1) is 0 Å². The van der Waals surface area contributed by atoms with E-state index < -0.39 is 0 Å². The Morgan fingerprint density at radius 2 is 1.90 bits per heavy atom. The Morgan fingerprint density at radius 3 is 2.67 bits per heavy atom. The second-order valence-corrected chi connectivity index (χ2v) is 4.69. The Hall–Kier alpha value is -3.08. The van der Waals surface area contributed by atoms with E-state index in [1.165, 1.54) is 10.6 Å². The van der Waals surface area contributed by atoms with Crippen molar-refractivity contribution in [3.8, 4) is 22.7 Å². The van der Waals surface area contributed by atoms with Crippen LogP contribution in [0.5, 0.6) is 0 Å². The Kier molecular flexibility index (Phi) is 2.50. The number of H-pyrrole nitrogens is 1. The van der Waals surface area contributed by atoms with Crippen LogP contribution in [0.1, 0.15) is 0 Å². The fourth-order valence-corrected chi connectivity index (χ4v) is 2.31. The number of aromatic nitrogens is 3. The maximum atomic E-state index is 12.2. The minimum Gasteiger partial charge on any atom is -0.463 e. The molecule has 0 amide bonds. The first kappa shape index (κ1) is 11.7. The summed E-state index contributed by atoms with van der Waals surface area (Å²) in [4.78, 5) is 15.3. The summed E-state index contributed by atoms with van der Waals surface area (Å²) >= 11 is 0. The van der Waals surface area contributed by atoms with Gasteiger partial charge >= 0.3 is 0 Å². The molecule has 0 aliphatic heterocycles. The number of furan rings is 1. The summed E-state index contributed by atoms with van der Waals surface area (Å²) in [6.45, 7) is 0. The summed E-state index contributed by atoms with van der Waals surface area (Å²) in [6, 6.07) is 16.7. The van der Waals surface area contributed by atoms with Gasteiger partial charge < -0.3 is 9.40 Å². The molecule has 5 heteroatoms. The molecule has 1 N–H and O–H groups in total. The highest BCUT2D eigenvalue weighted by molar-refractivity contribution is 5.65. The molecule has 0 atom stereocenters. The Bertz CT molecular complexity index is 950. The monoisotopic (exact) mass is 277 g/mol. The second-order valence-electron chi connectivity index (χ2n) is 4.69. The number of nitrogens with zero attached hydrogens (tertiary/aromatic N) is 2. The third-order valence-corrected chi connectivity index (χ3v) is 3.30. The molecule has 0 aliphatic rings. The van der Waals surface area contributed by atoms with Gasteiger partial charge in [-0.2, -0.15) is 9.61 Å². The van der Waals surface area contributed by atoms with Crippen LogP contribution in [0.25, 0.3) is 28.4 Å². The highest BCUT2D eigenvalue weighted by Gasteiger charge is 2.10. The normalized spacial score (nSPS) is 11.0. The number of hydrogen-bond donors (Lipinski definition) is 1. The Balaban J connectivity index is 1.92. The predicted octanol–water partition coefficient (Wildman–Crippen LogP) is 2.95. The lowest BCUT2D eigenvalue weighted by Crippen LogP contribution is -2.14. The van der Waals surface area contributed by atoms with Gasteiger partial charge in [-0.3, -0.25) is 4.79 Å². The third kappa shape index (κ3) is 1.95. The highest BCUT2D eigenvalue weighted by atomic mass is 16.3. The van der Waals surface area contributed by atoms with E-state index >= 15 is 0 Å². The minimum absolute atomic E-state index is 0.197. The lowest BCUT2D eigenvalue weighted by atomic mass is 10.2. The van der Waals surface area contributed by atoms with Crippen molar-refractivity contribution in [2.45, 2.75) is 0 Å². The summed E-state index contributed by atoms with van der Waals surface area (Å²) in [6.07, 6.45) is 1.57. The van der Waals surface area contributed by atoms with Crippen molar-refractivity contribution in [1.29, 1.82) is 0 Å². The molecule has 3 heterocycles. The number of rotatable bonds is 2. The average Bonchev–Trinajstić information content (AvgIpc) is 3.17. The fourth-order valence-electron chi connectivity index (χ4n) is 2.31. The molecule has 102 valence electrons. The number of nitrogens with one attached hydrogen (secondary N) is 1. The molecule has 5 nitrogen and oxygen atoms in total. The van der Waals surface area contributed by atoms with Crippen molar-refractivity contribution in [1.82, 2.24) is 14.6 Å². The van der Waals surface area contributed by atoms with E-state index in [0.29, 0.717) is 17.1 Å². The molecule has 0 spiro atoms. The van der Waals surface area contributed by atoms with Crippen LogP contribution in [0.4, 0.5) is 0 Å². The van der Waals surface area contributed by atoms with Crippen molar-refractivity contribution in [3.05, 3.63) is 71.2 Å². The van der Waals surface area contributed by atoms with Gasteiger partial charge in [0.2, 0.25) is 0 Å². The zero-order valence-corrected chi connectivity index (χ0v) is 11.0. The molecule has 0 unspecified atom stereocenters. The van der Waals surface area contributed by atoms with E-state index in [9.17, 15) is 4.79 Å². The number of hydrogen-bond acceptors (Lipinski definition) is 3. The predicted molar refractivity (Wildman–Crippen MR) is 79.0 cm³/mol. The van der Waals surface area contributed by atoms with Crippen LogP contribution in [-0.4, -0.2) is 14.6 Å². The third-order valence-electron chi connectivity index (χ3n) is 3.30.